The van der Waals surface area contributed by atoms with Gasteiger partial charge < -0.3 is 14.5 Å². The number of amides is 2. The predicted molar refractivity (Wildman–Crippen MR) is 99.2 cm³/mol. The van der Waals surface area contributed by atoms with Crippen molar-refractivity contribution in [2.75, 3.05) is 32.8 Å². The lowest BCUT2D eigenvalue weighted by Gasteiger charge is -2.47. The van der Waals surface area contributed by atoms with Crippen molar-refractivity contribution in [3.8, 4) is 0 Å². The van der Waals surface area contributed by atoms with Crippen LogP contribution in [0.25, 0.3) is 0 Å². The van der Waals surface area contributed by atoms with Gasteiger partial charge in [0.15, 0.2) is 0 Å². The van der Waals surface area contributed by atoms with E-state index in [9.17, 15) is 9.59 Å². The van der Waals surface area contributed by atoms with Crippen LogP contribution in [0.1, 0.15) is 54.0 Å². The number of nitrogens with zero attached hydrogens (tertiary/aromatic N) is 3. The monoisotopic (exact) mass is 377 g/mol. The average Bonchev–Trinajstić information content (AvgIpc) is 3.30. The summed E-state index contributed by atoms with van der Waals surface area (Å²) < 4.78 is 5.73. The van der Waals surface area contributed by atoms with Gasteiger partial charge in [0, 0.05) is 44.6 Å². The number of hydrogen-bond acceptors (Lipinski definition) is 5. The Labute approximate surface area is 158 Å². The molecule has 6 nitrogen and oxygen atoms in total. The Bertz CT molecular complexity index is 675. The summed E-state index contributed by atoms with van der Waals surface area (Å²) in [4.78, 5) is 33.3. The summed E-state index contributed by atoms with van der Waals surface area (Å²) in [5, 5.41) is 2.78. The van der Waals surface area contributed by atoms with Gasteiger partial charge in [-0.1, -0.05) is 0 Å². The van der Waals surface area contributed by atoms with Gasteiger partial charge in [0.25, 0.3) is 5.91 Å². The van der Waals surface area contributed by atoms with Gasteiger partial charge in [-0.3, -0.25) is 9.59 Å². The van der Waals surface area contributed by atoms with Crippen LogP contribution in [0.4, 0.5) is 0 Å². The third kappa shape index (κ3) is 3.64. The minimum Gasteiger partial charge on any atom is -0.376 e. The highest BCUT2D eigenvalue weighted by Gasteiger charge is 2.42. The second-order valence-electron chi connectivity index (χ2n) is 7.95. The first-order chi connectivity index (χ1) is 12.5. The Morgan fingerprint density at radius 2 is 2.19 bits per heavy atom. The van der Waals surface area contributed by atoms with Crippen molar-refractivity contribution >= 4 is 23.2 Å². The number of rotatable bonds is 3. The lowest BCUT2D eigenvalue weighted by atomic mass is 9.72. The normalized spacial score (nSPS) is 25.9. The molecule has 0 radical (unpaired) electrons. The zero-order valence-corrected chi connectivity index (χ0v) is 16.2. The van der Waals surface area contributed by atoms with Crippen molar-refractivity contribution < 1.29 is 14.3 Å². The van der Waals surface area contributed by atoms with Crippen LogP contribution in [0.5, 0.6) is 0 Å². The molecule has 0 aliphatic carbocycles. The molecule has 7 heteroatoms. The number of likely N-dealkylation sites (tertiary alicyclic amines) is 2. The molecule has 3 aliphatic rings. The van der Waals surface area contributed by atoms with E-state index in [4.69, 9.17) is 4.74 Å². The molecule has 0 aromatic carbocycles. The Balaban J connectivity index is 1.36. The van der Waals surface area contributed by atoms with Crippen LogP contribution in [0.15, 0.2) is 5.38 Å². The SMILES string of the molecule is Cc1nc(C(=O)N2CCC3(CCC(=O)N(C[C@@H]4CCCO4)C3)CC2)cs1. The maximum atomic E-state index is 12.6. The number of carbonyl (C=O) groups excluding carboxylic acids is 2. The van der Waals surface area contributed by atoms with E-state index in [1.54, 1.807) is 0 Å². The molecule has 4 heterocycles. The Morgan fingerprint density at radius 1 is 1.38 bits per heavy atom. The summed E-state index contributed by atoms with van der Waals surface area (Å²) in [6, 6.07) is 0. The third-order valence-electron chi connectivity index (χ3n) is 6.15. The first kappa shape index (κ1) is 17.9. The smallest absolute Gasteiger partial charge is 0.273 e. The van der Waals surface area contributed by atoms with Crippen LogP contribution in [0.3, 0.4) is 0 Å². The van der Waals surface area contributed by atoms with E-state index >= 15 is 0 Å². The van der Waals surface area contributed by atoms with Gasteiger partial charge in [0.1, 0.15) is 5.69 Å². The number of piperidine rings is 2. The summed E-state index contributed by atoms with van der Waals surface area (Å²) >= 11 is 1.52. The van der Waals surface area contributed by atoms with E-state index in [-0.39, 0.29) is 23.3 Å². The second-order valence-corrected chi connectivity index (χ2v) is 9.02. The zero-order valence-electron chi connectivity index (χ0n) is 15.4. The standard InChI is InChI=1S/C19H27N3O3S/c1-14-20-16(12-26-14)18(24)21-8-6-19(7-9-21)5-4-17(23)22(13-19)11-15-3-2-10-25-15/h12,15H,2-11,13H2,1H3/t15-/m0/s1. The molecule has 0 saturated carbocycles. The quantitative estimate of drug-likeness (QED) is 0.812. The minimum atomic E-state index is 0.0484. The van der Waals surface area contributed by atoms with Crippen LogP contribution in [-0.4, -0.2) is 65.5 Å². The third-order valence-corrected chi connectivity index (χ3v) is 6.92. The van der Waals surface area contributed by atoms with Crippen LogP contribution >= 0.6 is 11.3 Å². The molecule has 26 heavy (non-hydrogen) atoms. The molecule has 3 saturated heterocycles. The highest BCUT2D eigenvalue weighted by molar-refractivity contribution is 7.09. The summed E-state index contributed by atoms with van der Waals surface area (Å²) in [6.45, 7) is 5.83. The molecule has 142 valence electrons. The van der Waals surface area contributed by atoms with E-state index in [1.165, 1.54) is 11.3 Å². The molecule has 1 atom stereocenters. The minimum absolute atomic E-state index is 0.0484. The van der Waals surface area contributed by atoms with Gasteiger partial charge in [0.2, 0.25) is 5.91 Å². The van der Waals surface area contributed by atoms with Gasteiger partial charge in [-0.15, -0.1) is 11.3 Å². The van der Waals surface area contributed by atoms with Crippen molar-refractivity contribution in [3.05, 3.63) is 16.1 Å². The summed E-state index contributed by atoms with van der Waals surface area (Å²) in [5.41, 5.74) is 0.739. The molecule has 1 aromatic heterocycles. The Hall–Kier alpha value is -1.47. The fraction of sp³-hybridized carbons (Fsp3) is 0.737. The number of hydrogen-bond donors (Lipinski definition) is 0. The summed E-state index contributed by atoms with van der Waals surface area (Å²) in [5.74, 6) is 0.315. The maximum Gasteiger partial charge on any atom is 0.273 e. The lowest BCUT2D eigenvalue weighted by Crippen LogP contribution is -2.53. The number of aryl methyl sites for hydroxylation is 1. The van der Waals surface area contributed by atoms with Gasteiger partial charge in [-0.25, -0.2) is 4.98 Å². The fourth-order valence-electron chi connectivity index (χ4n) is 4.52. The van der Waals surface area contributed by atoms with Crippen molar-refractivity contribution in [2.45, 2.75) is 51.6 Å². The summed E-state index contributed by atoms with van der Waals surface area (Å²) in [6.07, 6.45) is 5.90. The van der Waals surface area contributed by atoms with Crippen LogP contribution in [0, 0.1) is 12.3 Å². The lowest BCUT2D eigenvalue weighted by molar-refractivity contribution is -0.141. The Morgan fingerprint density at radius 3 is 2.85 bits per heavy atom. The molecule has 2 amide bonds. The van der Waals surface area contributed by atoms with Gasteiger partial charge in [-0.05, 0) is 44.4 Å². The van der Waals surface area contributed by atoms with E-state index < -0.39 is 0 Å². The highest BCUT2D eigenvalue weighted by Crippen LogP contribution is 2.40. The molecular formula is C19H27N3O3S. The van der Waals surface area contributed by atoms with E-state index in [2.05, 4.69) is 4.98 Å². The first-order valence-electron chi connectivity index (χ1n) is 9.65. The van der Waals surface area contributed by atoms with Crippen molar-refractivity contribution in [3.63, 3.8) is 0 Å². The van der Waals surface area contributed by atoms with Gasteiger partial charge >= 0.3 is 0 Å². The molecule has 0 unspecified atom stereocenters. The summed E-state index contributed by atoms with van der Waals surface area (Å²) in [7, 11) is 0. The predicted octanol–water partition coefficient (Wildman–Crippen LogP) is 2.48. The second kappa shape index (κ2) is 7.27. The van der Waals surface area contributed by atoms with Crippen molar-refractivity contribution in [1.82, 2.24) is 14.8 Å². The topological polar surface area (TPSA) is 62.7 Å². The molecule has 1 aromatic rings. The van der Waals surface area contributed by atoms with Crippen LogP contribution < -0.4 is 0 Å². The first-order valence-corrected chi connectivity index (χ1v) is 10.5. The number of aromatic nitrogens is 1. The highest BCUT2D eigenvalue weighted by atomic mass is 32.1. The van der Waals surface area contributed by atoms with Gasteiger partial charge in [0.05, 0.1) is 11.1 Å². The van der Waals surface area contributed by atoms with Crippen molar-refractivity contribution in [1.29, 1.82) is 0 Å². The number of ether oxygens (including phenoxy) is 1. The van der Waals surface area contributed by atoms with Crippen molar-refractivity contribution in [2.24, 2.45) is 5.41 Å². The maximum absolute atomic E-state index is 12.6. The van der Waals surface area contributed by atoms with E-state index in [0.29, 0.717) is 12.1 Å². The molecule has 0 bridgehead atoms. The van der Waals surface area contributed by atoms with Crippen LogP contribution in [0.2, 0.25) is 0 Å². The number of carbonyl (C=O) groups is 2. The average molecular weight is 378 g/mol. The zero-order chi connectivity index (χ0) is 18.1. The van der Waals surface area contributed by atoms with E-state index in [0.717, 1.165) is 69.9 Å². The molecule has 3 aliphatic heterocycles. The Kier molecular flexibility index (Phi) is 5.01. The molecule has 3 fully saturated rings. The van der Waals surface area contributed by atoms with Crippen LogP contribution in [-0.2, 0) is 9.53 Å². The van der Waals surface area contributed by atoms with E-state index in [1.807, 2.05) is 22.1 Å². The molecular weight excluding hydrogens is 350 g/mol. The molecule has 4 rings (SSSR count). The molecule has 0 N–H and O–H groups in total. The van der Waals surface area contributed by atoms with Gasteiger partial charge in [-0.2, -0.15) is 0 Å². The fourth-order valence-corrected chi connectivity index (χ4v) is 5.11. The largest absolute Gasteiger partial charge is 0.376 e. The number of thiazole rings is 1. The molecule has 1 spiro atoms.